The van der Waals surface area contributed by atoms with Crippen LogP contribution in [0.25, 0.3) is 0 Å². The Bertz CT molecular complexity index is 618. The summed E-state index contributed by atoms with van der Waals surface area (Å²) in [5, 5.41) is 9.83. The lowest BCUT2D eigenvalue weighted by atomic mass is 10.1. The van der Waals surface area contributed by atoms with Crippen LogP contribution in [0, 0.1) is 5.92 Å². The average molecular weight is 333 g/mol. The zero-order valence-corrected chi connectivity index (χ0v) is 14.9. The maximum absolute atomic E-state index is 12.2. The molecule has 1 N–H and O–H groups in total. The second-order valence-corrected chi connectivity index (χ2v) is 7.98. The van der Waals surface area contributed by atoms with Gasteiger partial charge in [0.15, 0.2) is 0 Å². The van der Waals surface area contributed by atoms with Crippen LogP contribution in [0.3, 0.4) is 0 Å². The van der Waals surface area contributed by atoms with Crippen LogP contribution < -0.4 is 4.74 Å². The van der Waals surface area contributed by atoms with Crippen molar-refractivity contribution in [2.75, 3.05) is 13.7 Å². The van der Waals surface area contributed by atoms with Gasteiger partial charge in [-0.3, -0.25) is 0 Å². The Balaban J connectivity index is 1.67. The molecule has 24 heavy (non-hydrogen) atoms. The van der Waals surface area contributed by atoms with Crippen molar-refractivity contribution in [1.82, 2.24) is 4.90 Å². The van der Waals surface area contributed by atoms with Gasteiger partial charge in [-0.1, -0.05) is 0 Å². The molecule has 0 radical (unpaired) electrons. The molecule has 3 rings (SSSR count). The predicted octanol–water partition coefficient (Wildman–Crippen LogP) is 3.90. The third-order valence-electron chi connectivity index (χ3n) is 4.50. The van der Waals surface area contributed by atoms with E-state index in [1.165, 1.54) is 12.8 Å². The first-order valence-electron chi connectivity index (χ1n) is 8.66. The largest absolute Gasteiger partial charge is 0.508 e. The molecule has 2 aliphatic carbocycles. The number of ether oxygens (including phenoxy) is 2. The number of likely N-dealkylation sites (N-methyl/N-ethyl adjacent to an activating group) is 1. The van der Waals surface area contributed by atoms with Gasteiger partial charge in [-0.2, -0.15) is 0 Å². The van der Waals surface area contributed by atoms with E-state index in [0.717, 1.165) is 24.3 Å². The molecular formula is C19H27NO4. The minimum Gasteiger partial charge on any atom is -0.508 e. The molecule has 0 saturated heterocycles. The molecule has 0 unspecified atom stereocenters. The lowest BCUT2D eigenvalue weighted by Gasteiger charge is -2.25. The summed E-state index contributed by atoms with van der Waals surface area (Å²) in [6.07, 6.45) is 3.02. The van der Waals surface area contributed by atoms with E-state index >= 15 is 0 Å². The molecule has 5 nitrogen and oxygen atoms in total. The molecule has 132 valence electrons. The van der Waals surface area contributed by atoms with Gasteiger partial charge in [-0.15, -0.1) is 0 Å². The van der Waals surface area contributed by atoms with Crippen molar-refractivity contribution in [1.29, 1.82) is 0 Å². The van der Waals surface area contributed by atoms with E-state index in [1.807, 2.05) is 26.8 Å². The fourth-order valence-corrected chi connectivity index (χ4v) is 2.86. The molecule has 2 aliphatic rings. The lowest BCUT2D eigenvalue weighted by molar-refractivity contribution is 0.0282. The van der Waals surface area contributed by atoms with Crippen molar-refractivity contribution in [3.63, 3.8) is 0 Å². The van der Waals surface area contributed by atoms with Gasteiger partial charge >= 0.3 is 6.09 Å². The van der Waals surface area contributed by atoms with Gasteiger partial charge in [-0.05, 0) is 64.2 Å². The van der Waals surface area contributed by atoms with Gasteiger partial charge in [0.25, 0.3) is 0 Å². The van der Waals surface area contributed by atoms with Gasteiger partial charge in [0.05, 0.1) is 6.61 Å². The number of carbonyl (C=O) groups is 1. The number of amides is 1. The fraction of sp³-hybridized carbons (Fsp3) is 0.632. The first kappa shape index (κ1) is 16.9. The highest BCUT2D eigenvalue weighted by molar-refractivity contribution is 5.69. The normalized spacial score (nSPS) is 22.8. The Kier molecular flexibility index (Phi) is 4.37. The Hall–Kier alpha value is -1.91. The van der Waals surface area contributed by atoms with Crippen molar-refractivity contribution in [2.24, 2.45) is 5.92 Å². The summed E-state index contributed by atoms with van der Waals surface area (Å²) in [5.74, 6) is 1.91. The standard InChI is InChI=1S/C19H27NO4/c1-19(2,3)24-18(22)20(4)16-10-14(16)15-9-13(21)7-8-17(15)23-11-12-5-6-12/h7-9,12,14,16,21H,5-6,10-11H2,1-4H3/t14-,16+/m0/s1. The summed E-state index contributed by atoms with van der Waals surface area (Å²) in [7, 11) is 1.77. The zero-order valence-electron chi connectivity index (χ0n) is 14.9. The highest BCUT2D eigenvalue weighted by Crippen LogP contribution is 2.49. The summed E-state index contributed by atoms with van der Waals surface area (Å²) in [6, 6.07) is 5.33. The predicted molar refractivity (Wildman–Crippen MR) is 91.5 cm³/mol. The highest BCUT2D eigenvalue weighted by atomic mass is 16.6. The summed E-state index contributed by atoms with van der Waals surface area (Å²) in [6.45, 7) is 6.32. The molecule has 0 aromatic heterocycles. The van der Waals surface area contributed by atoms with Crippen LogP contribution in [0.15, 0.2) is 18.2 Å². The minimum absolute atomic E-state index is 0.0879. The summed E-state index contributed by atoms with van der Waals surface area (Å²) in [4.78, 5) is 13.9. The van der Waals surface area contributed by atoms with Gasteiger partial charge < -0.3 is 19.5 Å². The second kappa shape index (κ2) is 6.19. The van der Waals surface area contributed by atoms with Crippen molar-refractivity contribution in [3.05, 3.63) is 23.8 Å². The van der Waals surface area contributed by atoms with Crippen LogP contribution in [0.2, 0.25) is 0 Å². The summed E-state index contributed by atoms with van der Waals surface area (Å²) < 4.78 is 11.4. The molecule has 5 heteroatoms. The SMILES string of the molecule is CN(C(=O)OC(C)(C)C)[C@@H]1C[C@H]1c1cc(O)ccc1OCC1CC1. The Morgan fingerprint density at radius 2 is 2.04 bits per heavy atom. The van der Waals surface area contributed by atoms with Crippen LogP contribution in [0.5, 0.6) is 11.5 Å². The van der Waals surface area contributed by atoms with Gasteiger partial charge in [0.2, 0.25) is 0 Å². The maximum Gasteiger partial charge on any atom is 0.410 e. The molecule has 0 spiro atoms. The third kappa shape index (κ3) is 4.13. The number of benzene rings is 1. The summed E-state index contributed by atoms with van der Waals surface area (Å²) >= 11 is 0. The number of phenols is 1. The number of hydrogen-bond acceptors (Lipinski definition) is 4. The van der Waals surface area contributed by atoms with Crippen molar-refractivity contribution >= 4 is 6.09 Å². The Morgan fingerprint density at radius 3 is 2.67 bits per heavy atom. The summed E-state index contributed by atoms with van der Waals surface area (Å²) in [5.41, 5.74) is 0.482. The number of carbonyl (C=O) groups excluding carboxylic acids is 1. The number of phenolic OH excluding ortho intramolecular Hbond substituents is 1. The molecule has 1 amide bonds. The van der Waals surface area contributed by atoms with E-state index in [0.29, 0.717) is 5.92 Å². The molecule has 2 saturated carbocycles. The highest BCUT2D eigenvalue weighted by Gasteiger charge is 2.46. The van der Waals surface area contributed by atoms with Gasteiger partial charge in [-0.25, -0.2) is 4.79 Å². The van der Waals surface area contributed by atoms with Crippen LogP contribution in [0.1, 0.15) is 51.5 Å². The smallest absolute Gasteiger partial charge is 0.410 e. The van der Waals surface area contributed by atoms with E-state index in [-0.39, 0.29) is 23.8 Å². The molecule has 0 bridgehead atoms. The van der Waals surface area contributed by atoms with Crippen molar-refractivity contribution in [3.8, 4) is 11.5 Å². The molecular weight excluding hydrogens is 306 g/mol. The molecule has 0 aliphatic heterocycles. The second-order valence-electron chi connectivity index (χ2n) is 7.98. The zero-order chi connectivity index (χ0) is 17.5. The molecule has 0 heterocycles. The van der Waals surface area contributed by atoms with Crippen LogP contribution in [0.4, 0.5) is 4.79 Å². The first-order chi connectivity index (χ1) is 11.2. The Morgan fingerprint density at radius 1 is 1.33 bits per heavy atom. The van der Waals surface area contributed by atoms with Gasteiger partial charge in [0, 0.05) is 24.6 Å². The number of rotatable bonds is 5. The average Bonchev–Trinajstić information content (AvgIpc) is 3.36. The topological polar surface area (TPSA) is 59.0 Å². The molecule has 1 aromatic rings. The first-order valence-corrected chi connectivity index (χ1v) is 8.66. The van der Waals surface area contributed by atoms with Crippen LogP contribution in [-0.2, 0) is 4.74 Å². The lowest BCUT2D eigenvalue weighted by Crippen LogP contribution is -2.36. The van der Waals surface area contributed by atoms with Gasteiger partial charge in [0.1, 0.15) is 17.1 Å². The van der Waals surface area contributed by atoms with E-state index in [4.69, 9.17) is 9.47 Å². The van der Waals surface area contributed by atoms with Crippen molar-refractivity contribution < 1.29 is 19.4 Å². The molecule has 2 atom stereocenters. The minimum atomic E-state index is -0.501. The monoisotopic (exact) mass is 333 g/mol. The molecule has 1 aromatic carbocycles. The van der Waals surface area contributed by atoms with E-state index < -0.39 is 5.60 Å². The Labute approximate surface area is 143 Å². The third-order valence-corrected chi connectivity index (χ3v) is 4.50. The van der Waals surface area contributed by atoms with Crippen LogP contribution in [-0.4, -0.2) is 41.4 Å². The maximum atomic E-state index is 12.2. The van der Waals surface area contributed by atoms with E-state index in [2.05, 4.69) is 0 Å². The number of nitrogens with zero attached hydrogens (tertiary/aromatic N) is 1. The van der Waals surface area contributed by atoms with Crippen molar-refractivity contribution in [2.45, 2.75) is 57.6 Å². The quantitative estimate of drug-likeness (QED) is 0.888. The fourth-order valence-electron chi connectivity index (χ4n) is 2.86. The number of hydrogen-bond donors (Lipinski definition) is 1. The van der Waals surface area contributed by atoms with E-state index in [1.54, 1.807) is 24.1 Å². The van der Waals surface area contributed by atoms with E-state index in [9.17, 15) is 9.90 Å². The van der Waals surface area contributed by atoms with Crippen LogP contribution >= 0.6 is 0 Å². The number of aromatic hydroxyl groups is 1. The molecule has 2 fully saturated rings.